The second-order valence-corrected chi connectivity index (χ2v) is 17.3. The van der Waals surface area contributed by atoms with Crippen molar-refractivity contribution in [1.82, 2.24) is 0 Å². The van der Waals surface area contributed by atoms with Crippen LogP contribution >= 0.6 is 0 Å². The summed E-state index contributed by atoms with van der Waals surface area (Å²) >= 11 is 0. The van der Waals surface area contributed by atoms with Crippen LogP contribution < -0.4 is 0 Å². The van der Waals surface area contributed by atoms with Gasteiger partial charge in [0.25, 0.3) is 0 Å². The van der Waals surface area contributed by atoms with E-state index in [0.717, 1.165) is 12.8 Å². The minimum atomic E-state index is -1.34. The molecule has 0 aromatic carbocycles. The molecule has 0 heterocycles. The third-order valence-corrected chi connectivity index (χ3v) is 4.61. The fourth-order valence-corrected chi connectivity index (χ4v) is 3.15. The summed E-state index contributed by atoms with van der Waals surface area (Å²) in [6.45, 7) is 14.9. The summed E-state index contributed by atoms with van der Waals surface area (Å²) in [6.07, 6.45) is 1.58. The van der Waals surface area contributed by atoms with Crippen molar-refractivity contribution in [2.45, 2.75) is 52.1 Å². The lowest BCUT2D eigenvalue weighted by atomic mass is 9.83. The number of ether oxygens (including phenoxy) is 2. The molecule has 0 aliphatic heterocycles. The van der Waals surface area contributed by atoms with Gasteiger partial charge < -0.3 is 9.47 Å². The predicted octanol–water partition coefficient (Wildman–Crippen LogP) is 3.81. The summed E-state index contributed by atoms with van der Waals surface area (Å²) in [5.74, 6) is 6.76. The molecular formula is C17H32O2Si2. The van der Waals surface area contributed by atoms with E-state index in [1.165, 1.54) is 0 Å². The summed E-state index contributed by atoms with van der Waals surface area (Å²) in [5.41, 5.74) is 6.77. The number of hydrogen-bond acceptors (Lipinski definition) is 2. The van der Waals surface area contributed by atoms with Crippen LogP contribution in [0.5, 0.6) is 0 Å². The minimum Gasteiger partial charge on any atom is -0.384 e. The van der Waals surface area contributed by atoms with E-state index in [9.17, 15) is 0 Å². The van der Waals surface area contributed by atoms with Crippen LogP contribution in [0.4, 0.5) is 0 Å². The highest BCUT2D eigenvalue weighted by Crippen LogP contribution is 2.27. The monoisotopic (exact) mass is 324 g/mol. The molecule has 0 radical (unpaired) electrons. The second kappa shape index (κ2) is 8.80. The first kappa shape index (κ1) is 20.5. The molecule has 0 aliphatic rings. The normalized spacial score (nSPS) is 12.2. The van der Waals surface area contributed by atoms with Gasteiger partial charge in [0, 0.05) is 32.5 Å². The van der Waals surface area contributed by atoms with Crippen LogP contribution in [0.15, 0.2) is 0 Å². The maximum absolute atomic E-state index is 5.43. The lowest BCUT2D eigenvalue weighted by Crippen LogP contribution is -2.31. The van der Waals surface area contributed by atoms with E-state index >= 15 is 0 Å². The number of rotatable bonds is 6. The first-order valence-corrected chi connectivity index (χ1v) is 14.5. The van der Waals surface area contributed by atoms with Gasteiger partial charge in [-0.3, -0.25) is 0 Å². The average molecular weight is 325 g/mol. The highest BCUT2D eigenvalue weighted by atomic mass is 28.3. The van der Waals surface area contributed by atoms with Crippen LogP contribution in [0, 0.1) is 28.3 Å². The molecule has 0 amide bonds. The molecular weight excluding hydrogens is 292 g/mol. The fraction of sp³-hybridized carbons (Fsp3) is 0.765. The van der Waals surface area contributed by atoms with Crippen molar-refractivity contribution in [3.05, 3.63) is 0 Å². The Labute approximate surface area is 134 Å². The zero-order chi connectivity index (χ0) is 16.6. The largest absolute Gasteiger partial charge is 0.384 e. The molecule has 0 atom stereocenters. The summed E-state index contributed by atoms with van der Waals surface area (Å²) in [5, 5.41) is 0. The standard InChI is InChI=1S/C17H32O2Si2/c1-18-15-17(16-19-2,11-9-13-20(3,4)5)12-10-14-21(6,7)8/h11-12,15-16H2,1-8H3. The van der Waals surface area contributed by atoms with Crippen molar-refractivity contribution in [3.63, 3.8) is 0 Å². The van der Waals surface area contributed by atoms with Crippen molar-refractivity contribution >= 4 is 16.1 Å². The molecule has 0 bridgehead atoms. The molecule has 0 fully saturated rings. The van der Waals surface area contributed by atoms with Gasteiger partial charge in [0.05, 0.1) is 13.2 Å². The molecule has 0 aromatic heterocycles. The van der Waals surface area contributed by atoms with E-state index in [2.05, 4.69) is 62.2 Å². The first-order valence-electron chi connectivity index (χ1n) is 7.52. The topological polar surface area (TPSA) is 18.5 Å². The predicted molar refractivity (Wildman–Crippen MR) is 97.7 cm³/mol. The molecule has 0 N–H and O–H groups in total. The van der Waals surface area contributed by atoms with E-state index < -0.39 is 16.1 Å². The molecule has 2 nitrogen and oxygen atoms in total. The lowest BCUT2D eigenvalue weighted by molar-refractivity contribution is 0.0164. The van der Waals surface area contributed by atoms with E-state index in [4.69, 9.17) is 9.47 Å². The molecule has 21 heavy (non-hydrogen) atoms. The van der Waals surface area contributed by atoms with Gasteiger partial charge in [0.1, 0.15) is 16.1 Å². The van der Waals surface area contributed by atoms with Gasteiger partial charge in [-0.05, 0) is 0 Å². The van der Waals surface area contributed by atoms with Crippen molar-refractivity contribution in [2.75, 3.05) is 27.4 Å². The maximum Gasteiger partial charge on any atom is 0.129 e. The fourth-order valence-electron chi connectivity index (χ4n) is 1.91. The van der Waals surface area contributed by atoms with Crippen LogP contribution in [-0.4, -0.2) is 43.6 Å². The molecule has 0 saturated heterocycles. The van der Waals surface area contributed by atoms with Crippen LogP contribution in [0.25, 0.3) is 0 Å². The summed E-state index contributed by atoms with van der Waals surface area (Å²) in [7, 11) is 0.805. The molecule has 0 aliphatic carbocycles. The third kappa shape index (κ3) is 10.8. The molecule has 120 valence electrons. The summed E-state index contributed by atoms with van der Waals surface area (Å²) < 4.78 is 10.9. The Balaban J connectivity index is 5.12. The maximum atomic E-state index is 5.43. The van der Waals surface area contributed by atoms with Crippen molar-refractivity contribution in [2.24, 2.45) is 5.41 Å². The van der Waals surface area contributed by atoms with E-state index in [1.807, 2.05) is 0 Å². The molecule has 0 unspecified atom stereocenters. The molecule has 0 saturated carbocycles. The Morgan fingerprint density at radius 1 is 0.714 bits per heavy atom. The van der Waals surface area contributed by atoms with Gasteiger partial charge in [-0.2, -0.15) is 0 Å². The highest BCUT2D eigenvalue weighted by Gasteiger charge is 2.29. The van der Waals surface area contributed by atoms with Gasteiger partial charge in [0.15, 0.2) is 0 Å². The van der Waals surface area contributed by atoms with Crippen LogP contribution in [0.3, 0.4) is 0 Å². The zero-order valence-corrected chi connectivity index (χ0v) is 17.1. The van der Waals surface area contributed by atoms with Gasteiger partial charge in [-0.25, -0.2) is 0 Å². The van der Waals surface area contributed by atoms with Crippen molar-refractivity contribution < 1.29 is 9.47 Å². The SMILES string of the molecule is COCC(CC#C[Si](C)(C)C)(CC#C[Si](C)(C)C)COC. The Bertz CT molecular complexity index is 380. The molecule has 4 heteroatoms. The second-order valence-electron chi connectivity index (χ2n) is 7.82. The number of methoxy groups -OCH3 is 2. The quantitative estimate of drug-likeness (QED) is 0.546. The Hall–Kier alpha value is -0.526. The van der Waals surface area contributed by atoms with Crippen LogP contribution in [0.1, 0.15) is 12.8 Å². The number of hydrogen-bond donors (Lipinski definition) is 0. The van der Waals surface area contributed by atoms with Gasteiger partial charge >= 0.3 is 0 Å². The van der Waals surface area contributed by atoms with Gasteiger partial charge in [-0.1, -0.05) is 39.3 Å². The van der Waals surface area contributed by atoms with Crippen LogP contribution in [-0.2, 0) is 9.47 Å². The molecule has 0 aromatic rings. The van der Waals surface area contributed by atoms with Crippen molar-refractivity contribution in [3.8, 4) is 22.9 Å². The molecule has 0 rings (SSSR count). The minimum absolute atomic E-state index is 0.108. The highest BCUT2D eigenvalue weighted by molar-refractivity contribution is 6.84. The van der Waals surface area contributed by atoms with Crippen LogP contribution in [0.2, 0.25) is 39.3 Å². The Kier molecular flexibility index (Phi) is 8.58. The van der Waals surface area contributed by atoms with E-state index in [-0.39, 0.29) is 5.41 Å². The molecule has 0 spiro atoms. The van der Waals surface area contributed by atoms with E-state index in [0.29, 0.717) is 13.2 Å². The lowest BCUT2D eigenvalue weighted by Gasteiger charge is -2.29. The third-order valence-electron chi connectivity index (χ3n) is 2.75. The first-order chi connectivity index (χ1) is 9.54. The summed E-state index contributed by atoms with van der Waals surface area (Å²) in [4.78, 5) is 0. The zero-order valence-electron chi connectivity index (χ0n) is 15.1. The Morgan fingerprint density at radius 3 is 1.29 bits per heavy atom. The average Bonchev–Trinajstić information content (AvgIpc) is 2.26. The van der Waals surface area contributed by atoms with Gasteiger partial charge in [0.2, 0.25) is 0 Å². The van der Waals surface area contributed by atoms with Gasteiger partial charge in [-0.15, -0.1) is 22.9 Å². The van der Waals surface area contributed by atoms with Crippen molar-refractivity contribution in [1.29, 1.82) is 0 Å². The smallest absolute Gasteiger partial charge is 0.129 e. The summed E-state index contributed by atoms with van der Waals surface area (Å²) in [6, 6.07) is 0. The Morgan fingerprint density at radius 2 is 1.05 bits per heavy atom. The van der Waals surface area contributed by atoms with E-state index in [1.54, 1.807) is 14.2 Å².